The molecule has 1 fully saturated rings. The van der Waals surface area contributed by atoms with Crippen LogP contribution in [0.25, 0.3) is 0 Å². The second kappa shape index (κ2) is 4.74. The van der Waals surface area contributed by atoms with Gasteiger partial charge < -0.3 is 10.6 Å². The first kappa shape index (κ1) is 12.5. The molecule has 1 aromatic carbocycles. The summed E-state index contributed by atoms with van der Waals surface area (Å²) in [7, 11) is 0. The van der Waals surface area contributed by atoms with Gasteiger partial charge in [-0.2, -0.15) is 0 Å². The van der Waals surface area contributed by atoms with Crippen molar-refractivity contribution in [1.82, 2.24) is 4.90 Å². The molecule has 0 aromatic heterocycles. The summed E-state index contributed by atoms with van der Waals surface area (Å²) in [5.41, 5.74) is 6.23. The molecule has 17 heavy (non-hydrogen) atoms. The predicted molar refractivity (Wildman–Crippen MR) is 67.1 cm³/mol. The molecule has 1 saturated heterocycles. The lowest BCUT2D eigenvalue weighted by molar-refractivity contribution is 0.0785. The maximum absolute atomic E-state index is 13.3. The number of carbonyl (C=O) groups excluding carboxylic acids is 1. The van der Waals surface area contributed by atoms with Gasteiger partial charge in [0.25, 0.3) is 5.91 Å². The number of carbonyl (C=O) groups is 1. The fourth-order valence-corrected chi connectivity index (χ4v) is 2.43. The highest BCUT2D eigenvalue weighted by atomic mass is 79.9. The average Bonchev–Trinajstić information content (AvgIpc) is 2.62. The molecule has 5 heteroatoms. The topological polar surface area (TPSA) is 46.3 Å². The van der Waals surface area contributed by atoms with Crippen LogP contribution in [-0.4, -0.2) is 29.9 Å². The molecule has 0 spiro atoms. The van der Waals surface area contributed by atoms with E-state index in [4.69, 9.17) is 5.73 Å². The Morgan fingerprint density at radius 3 is 2.82 bits per heavy atom. The van der Waals surface area contributed by atoms with Crippen LogP contribution in [0.1, 0.15) is 17.3 Å². The Morgan fingerprint density at radius 1 is 1.53 bits per heavy atom. The lowest BCUT2D eigenvalue weighted by atomic mass is 10.1. The number of benzene rings is 1. The fraction of sp³-hybridized carbons (Fsp3) is 0.417. The molecular formula is C12H14BrFN2O. The Morgan fingerprint density at radius 2 is 2.24 bits per heavy atom. The highest BCUT2D eigenvalue weighted by Gasteiger charge is 2.31. The summed E-state index contributed by atoms with van der Waals surface area (Å²) in [6.07, 6.45) is 0. The van der Waals surface area contributed by atoms with Crippen LogP contribution in [-0.2, 0) is 0 Å². The van der Waals surface area contributed by atoms with Crippen molar-refractivity contribution in [3.8, 4) is 0 Å². The zero-order chi connectivity index (χ0) is 12.6. The Balaban J connectivity index is 2.24. The number of rotatable bonds is 1. The summed E-state index contributed by atoms with van der Waals surface area (Å²) in [5.74, 6) is -0.310. The maximum atomic E-state index is 13.3. The van der Waals surface area contributed by atoms with Crippen LogP contribution in [0.5, 0.6) is 0 Å². The first-order chi connectivity index (χ1) is 8.00. The van der Waals surface area contributed by atoms with E-state index in [0.29, 0.717) is 18.7 Å². The minimum Gasteiger partial charge on any atom is -0.337 e. The standard InChI is InChI=1S/C12H14BrFN2O/c1-7-5-16(6-10(7)15)12(17)8-3-2-4-9(14)11(8)13/h2-4,7,10H,5-6,15H2,1H3. The Labute approximate surface area is 108 Å². The maximum Gasteiger partial charge on any atom is 0.255 e. The van der Waals surface area contributed by atoms with E-state index in [0.717, 1.165) is 0 Å². The molecule has 2 unspecified atom stereocenters. The second-order valence-electron chi connectivity index (χ2n) is 4.45. The lowest BCUT2D eigenvalue weighted by Crippen LogP contribution is -2.32. The number of hydrogen-bond acceptors (Lipinski definition) is 2. The van der Waals surface area contributed by atoms with E-state index in [9.17, 15) is 9.18 Å². The van der Waals surface area contributed by atoms with E-state index in [2.05, 4.69) is 15.9 Å². The van der Waals surface area contributed by atoms with Gasteiger partial charge in [-0.05, 0) is 34.0 Å². The molecule has 0 radical (unpaired) electrons. The normalized spacial score (nSPS) is 24.1. The monoisotopic (exact) mass is 300 g/mol. The van der Waals surface area contributed by atoms with Crippen LogP contribution in [0.4, 0.5) is 4.39 Å². The molecular weight excluding hydrogens is 287 g/mol. The van der Waals surface area contributed by atoms with Crippen LogP contribution < -0.4 is 5.73 Å². The van der Waals surface area contributed by atoms with Crippen molar-refractivity contribution < 1.29 is 9.18 Å². The van der Waals surface area contributed by atoms with E-state index < -0.39 is 5.82 Å². The summed E-state index contributed by atoms with van der Waals surface area (Å²) in [5, 5.41) is 0. The molecule has 0 aliphatic carbocycles. The summed E-state index contributed by atoms with van der Waals surface area (Å²) in [4.78, 5) is 13.9. The highest BCUT2D eigenvalue weighted by molar-refractivity contribution is 9.10. The lowest BCUT2D eigenvalue weighted by Gasteiger charge is -2.16. The Kier molecular flexibility index (Phi) is 3.49. The van der Waals surface area contributed by atoms with Crippen LogP contribution in [0.3, 0.4) is 0 Å². The molecule has 2 rings (SSSR count). The van der Waals surface area contributed by atoms with Gasteiger partial charge in [-0.1, -0.05) is 13.0 Å². The number of likely N-dealkylation sites (tertiary alicyclic amines) is 1. The van der Waals surface area contributed by atoms with Crippen LogP contribution in [0, 0.1) is 11.7 Å². The van der Waals surface area contributed by atoms with Crippen molar-refractivity contribution in [1.29, 1.82) is 0 Å². The van der Waals surface area contributed by atoms with Gasteiger partial charge in [-0.15, -0.1) is 0 Å². The number of hydrogen-bond donors (Lipinski definition) is 1. The van der Waals surface area contributed by atoms with Gasteiger partial charge in [-0.3, -0.25) is 4.79 Å². The van der Waals surface area contributed by atoms with E-state index >= 15 is 0 Å². The van der Waals surface area contributed by atoms with E-state index in [-0.39, 0.29) is 22.3 Å². The zero-order valence-corrected chi connectivity index (χ0v) is 11.1. The van der Waals surface area contributed by atoms with Crippen molar-refractivity contribution in [2.75, 3.05) is 13.1 Å². The van der Waals surface area contributed by atoms with Crippen LogP contribution >= 0.6 is 15.9 Å². The van der Waals surface area contributed by atoms with Crippen LogP contribution in [0.15, 0.2) is 22.7 Å². The van der Waals surface area contributed by atoms with E-state index in [1.54, 1.807) is 11.0 Å². The summed E-state index contributed by atoms with van der Waals surface area (Å²) < 4.78 is 13.6. The quantitative estimate of drug-likeness (QED) is 0.862. The second-order valence-corrected chi connectivity index (χ2v) is 5.25. The molecule has 1 aliphatic heterocycles. The summed E-state index contributed by atoms with van der Waals surface area (Å²) >= 11 is 3.10. The third-order valence-corrected chi connectivity index (χ3v) is 3.95. The number of nitrogens with zero attached hydrogens (tertiary/aromatic N) is 1. The minimum atomic E-state index is -0.424. The minimum absolute atomic E-state index is 0.00582. The number of amides is 1. The average molecular weight is 301 g/mol. The largest absolute Gasteiger partial charge is 0.337 e. The third kappa shape index (κ3) is 2.35. The van der Waals surface area contributed by atoms with Gasteiger partial charge in [0.1, 0.15) is 5.82 Å². The molecule has 3 nitrogen and oxygen atoms in total. The Bertz CT molecular complexity index is 442. The van der Waals surface area contributed by atoms with Gasteiger partial charge in [0.2, 0.25) is 0 Å². The summed E-state index contributed by atoms with van der Waals surface area (Å²) in [6.45, 7) is 3.17. The molecule has 1 aliphatic rings. The highest BCUT2D eigenvalue weighted by Crippen LogP contribution is 2.24. The molecule has 0 saturated carbocycles. The molecule has 1 aromatic rings. The third-order valence-electron chi connectivity index (χ3n) is 3.14. The molecule has 92 valence electrons. The number of nitrogens with two attached hydrogens (primary N) is 1. The van der Waals surface area contributed by atoms with Crippen LogP contribution in [0.2, 0.25) is 0 Å². The van der Waals surface area contributed by atoms with Crippen molar-refractivity contribution >= 4 is 21.8 Å². The van der Waals surface area contributed by atoms with Crippen molar-refractivity contribution in [3.05, 3.63) is 34.1 Å². The fourth-order valence-electron chi connectivity index (χ4n) is 2.00. The van der Waals surface area contributed by atoms with E-state index in [1.165, 1.54) is 12.1 Å². The molecule has 2 N–H and O–H groups in total. The predicted octanol–water partition coefficient (Wildman–Crippen LogP) is 2.01. The summed E-state index contributed by atoms with van der Waals surface area (Å²) in [6, 6.07) is 4.47. The van der Waals surface area contributed by atoms with Crippen molar-refractivity contribution in [2.24, 2.45) is 11.7 Å². The van der Waals surface area contributed by atoms with Gasteiger partial charge >= 0.3 is 0 Å². The molecule has 0 bridgehead atoms. The zero-order valence-electron chi connectivity index (χ0n) is 9.49. The SMILES string of the molecule is CC1CN(C(=O)c2cccc(F)c2Br)CC1N. The first-order valence-corrected chi connectivity index (χ1v) is 6.29. The smallest absolute Gasteiger partial charge is 0.255 e. The van der Waals surface area contributed by atoms with E-state index in [1.807, 2.05) is 6.92 Å². The Hall–Kier alpha value is -0.940. The van der Waals surface area contributed by atoms with Crippen molar-refractivity contribution in [3.63, 3.8) is 0 Å². The molecule has 1 amide bonds. The number of halogens is 2. The van der Waals surface area contributed by atoms with Crippen molar-refractivity contribution in [2.45, 2.75) is 13.0 Å². The van der Waals surface area contributed by atoms with Gasteiger partial charge in [0.05, 0.1) is 10.0 Å². The van der Waals surface area contributed by atoms with Gasteiger partial charge in [-0.25, -0.2) is 4.39 Å². The van der Waals surface area contributed by atoms with Gasteiger partial charge in [0.15, 0.2) is 0 Å². The molecule has 1 heterocycles. The molecule has 2 atom stereocenters. The first-order valence-electron chi connectivity index (χ1n) is 5.49. The van der Waals surface area contributed by atoms with Gasteiger partial charge in [0, 0.05) is 19.1 Å².